The molecule has 0 radical (unpaired) electrons. The zero-order valence-corrected chi connectivity index (χ0v) is 18.4. The maximum atomic E-state index is 13.2. The molecule has 1 aromatic heterocycles. The third-order valence-corrected chi connectivity index (χ3v) is 10.2. The number of likely N-dealkylation sites (tertiary alicyclic amines) is 1. The smallest absolute Gasteiger partial charge is 0.305 e. The molecule has 10 heteroatoms. The Hall–Kier alpha value is -2.59. The average molecular weight is 473 g/mol. The number of amides is 2. The lowest BCUT2D eigenvalue weighted by molar-refractivity contribution is -0.142. The number of phenolic OH excluding ortho intramolecular Hbond substituents is 1. The number of carbonyl (C=O) groups excluding carboxylic acids is 2. The van der Waals surface area contributed by atoms with Crippen LogP contribution in [0, 0.1) is 29.6 Å². The standard InChI is InChI=1S/C22H20N2O6S2/c25-11-4-2-1-3-8(11)13-14-9-7-10(17(14)31-19-18(13)32-22(30)23-19)16-15(9)20(28)24(21(16)29)6-5-12(26)27/h1-4,9-10,13-17,25H,5-7H2,(H,23,30)(H,26,27)/t9?,10?,13-,14?,15?,16?,17?/m1/s1. The van der Waals surface area contributed by atoms with Gasteiger partial charge in [-0.3, -0.25) is 24.1 Å². The number of carbonyl (C=O) groups is 3. The molecule has 8 nitrogen and oxygen atoms in total. The van der Waals surface area contributed by atoms with E-state index >= 15 is 0 Å². The molecule has 3 heterocycles. The minimum atomic E-state index is -1.04. The van der Waals surface area contributed by atoms with Gasteiger partial charge in [-0.25, -0.2) is 0 Å². The van der Waals surface area contributed by atoms with Crippen LogP contribution in [0.4, 0.5) is 0 Å². The van der Waals surface area contributed by atoms with Gasteiger partial charge in [0.1, 0.15) is 5.75 Å². The van der Waals surface area contributed by atoms with E-state index in [-0.39, 0.29) is 64.3 Å². The van der Waals surface area contributed by atoms with Gasteiger partial charge < -0.3 is 15.2 Å². The van der Waals surface area contributed by atoms with Gasteiger partial charge in [0.05, 0.1) is 23.3 Å². The molecule has 7 atom stereocenters. The number of aromatic amines is 1. The second kappa shape index (κ2) is 6.95. The van der Waals surface area contributed by atoms with Crippen molar-refractivity contribution in [3.8, 4) is 5.75 Å². The van der Waals surface area contributed by atoms with Crippen molar-refractivity contribution in [2.45, 2.75) is 29.0 Å². The molecule has 1 saturated heterocycles. The minimum absolute atomic E-state index is 0.00896. The summed E-state index contributed by atoms with van der Waals surface area (Å²) in [5.41, 5.74) is 0.739. The molecule has 2 bridgehead atoms. The van der Waals surface area contributed by atoms with Crippen LogP contribution in [-0.2, 0) is 14.4 Å². The van der Waals surface area contributed by atoms with Crippen molar-refractivity contribution in [2.75, 3.05) is 6.54 Å². The molecule has 2 amide bonds. The molecule has 3 fully saturated rings. The quantitative estimate of drug-likeness (QED) is 0.582. The highest BCUT2D eigenvalue weighted by Gasteiger charge is 2.69. The summed E-state index contributed by atoms with van der Waals surface area (Å²) in [5, 5.41) is 20.5. The van der Waals surface area contributed by atoms with Gasteiger partial charge in [0, 0.05) is 28.2 Å². The Balaban J connectivity index is 1.43. The number of thioether (sulfide) groups is 1. The van der Waals surface area contributed by atoms with Crippen molar-refractivity contribution in [3.63, 3.8) is 0 Å². The Labute approximate surface area is 190 Å². The number of thiazole rings is 1. The number of aromatic nitrogens is 1. The normalized spacial score (nSPS) is 34.5. The van der Waals surface area contributed by atoms with Crippen molar-refractivity contribution in [3.05, 3.63) is 44.4 Å². The predicted octanol–water partition coefficient (Wildman–Crippen LogP) is 2.09. The molecular formula is C22H20N2O6S2. The van der Waals surface area contributed by atoms with Gasteiger partial charge >= 0.3 is 10.8 Å². The van der Waals surface area contributed by atoms with Gasteiger partial charge in [-0.15, -0.1) is 11.8 Å². The number of carboxylic acid groups (broad SMARTS) is 1. The SMILES string of the molecule is O=C(O)CCN1C(=O)C2C3CC(C2C1=O)C1C3Sc2[nH]c(=O)sc2[C@@H]1c1ccccc1O. The number of benzene rings is 1. The van der Waals surface area contributed by atoms with Gasteiger partial charge in [-0.2, -0.15) is 0 Å². The third kappa shape index (κ3) is 2.62. The maximum Gasteiger partial charge on any atom is 0.305 e. The van der Waals surface area contributed by atoms with Crippen molar-refractivity contribution >= 4 is 40.9 Å². The fraction of sp³-hybridized carbons (Fsp3) is 0.455. The van der Waals surface area contributed by atoms with E-state index in [0.29, 0.717) is 0 Å². The summed E-state index contributed by atoms with van der Waals surface area (Å²) in [5.74, 6) is -2.56. The van der Waals surface area contributed by atoms with Gasteiger partial charge in [0.15, 0.2) is 0 Å². The van der Waals surface area contributed by atoms with E-state index in [1.807, 2.05) is 12.1 Å². The molecule has 32 heavy (non-hydrogen) atoms. The Morgan fingerprint density at radius 1 is 1.12 bits per heavy atom. The molecule has 4 aliphatic rings. The van der Waals surface area contributed by atoms with Crippen molar-refractivity contribution < 1.29 is 24.6 Å². The van der Waals surface area contributed by atoms with E-state index in [1.54, 1.807) is 23.9 Å². The van der Waals surface area contributed by atoms with Crippen LogP contribution in [-0.4, -0.2) is 49.7 Å². The Kier molecular flexibility index (Phi) is 4.36. The molecule has 166 valence electrons. The van der Waals surface area contributed by atoms with Gasteiger partial charge in [0.25, 0.3) is 0 Å². The molecule has 2 aliphatic heterocycles. The van der Waals surface area contributed by atoms with Crippen molar-refractivity contribution in [2.24, 2.45) is 29.6 Å². The number of nitrogens with one attached hydrogen (secondary N) is 1. The van der Waals surface area contributed by atoms with Crippen LogP contribution in [0.3, 0.4) is 0 Å². The number of aliphatic carboxylic acids is 1. The lowest BCUT2D eigenvalue weighted by Gasteiger charge is -2.43. The number of aromatic hydroxyl groups is 1. The molecule has 3 N–H and O–H groups in total. The lowest BCUT2D eigenvalue weighted by atomic mass is 9.68. The number of phenols is 1. The fourth-order valence-electron chi connectivity index (χ4n) is 6.61. The summed E-state index contributed by atoms with van der Waals surface area (Å²) in [7, 11) is 0. The summed E-state index contributed by atoms with van der Waals surface area (Å²) >= 11 is 2.73. The maximum absolute atomic E-state index is 13.2. The molecule has 2 aliphatic carbocycles. The lowest BCUT2D eigenvalue weighted by Crippen LogP contribution is -2.42. The first-order chi connectivity index (χ1) is 15.4. The first-order valence-corrected chi connectivity index (χ1v) is 12.3. The zero-order chi connectivity index (χ0) is 22.3. The topological polar surface area (TPSA) is 128 Å². The molecule has 6 unspecified atom stereocenters. The van der Waals surface area contributed by atoms with E-state index < -0.39 is 17.8 Å². The van der Waals surface area contributed by atoms with E-state index in [2.05, 4.69) is 4.98 Å². The van der Waals surface area contributed by atoms with Crippen LogP contribution < -0.4 is 4.87 Å². The number of H-pyrrole nitrogens is 1. The number of nitrogens with zero attached hydrogens (tertiary/aromatic N) is 1. The number of carboxylic acids is 1. The van der Waals surface area contributed by atoms with Crippen molar-refractivity contribution in [1.82, 2.24) is 9.88 Å². The highest BCUT2D eigenvalue weighted by atomic mass is 32.2. The Morgan fingerprint density at radius 2 is 1.84 bits per heavy atom. The largest absolute Gasteiger partial charge is 0.508 e. The highest BCUT2D eigenvalue weighted by Crippen LogP contribution is 2.68. The van der Waals surface area contributed by atoms with E-state index in [9.17, 15) is 24.3 Å². The van der Waals surface area contributed by atoms with E-state index in [0.717, 1.165) is 38.1 Å². The van der Waals surface area contributed by atoms with Crippen LogP contribution in [0.1, 0.15) is 29.2 Å². The number of fused-ring (bicyclic) bond motifs is 9. The average Bonchev–Trinajstić information content (AvgIpc) is 3.46. The predicted molar refractivity (Wildman–Crippen MR) is 116 cm³/mol. The summed E-state index contributed by atoms with van der Waals surface area (Å²) in [6, 6.07) is 7.11. The summed E-state index contributed by atoms with van der Waals surface area (Å²) in [4.78, 5) is 54.4. The number of para-hydroxylation sites is 1. The van der Waals surface area contributed by atoms with Crippen LogP contribution in [0.25, 0.3) is 0 Å². The number of hydrogen-bond donors (Lipinski definition) is 3. The zero-order valence-electron chi connectivity index (χ0n) is 16.8. The molecule has 1 aromatic carbocycles. The van der Waals surface area contributed by atoms with E-state index in [4.69, 9.17) is 5.11 Å². The second-order valence-corrected chi connectivity index (χ2v) is 11.2. The molecule has 0 spiro atoms. The Morgan fingerprint density at radius 3 is 2.56 bits per heavy atom. The minimum Gasteiger partial charge on any atom is -0.508 e. The van der Waals surface area contributed by atoms with Gasteiger partial charge in [0.2, 0.25) is 11.8 Å². The number of rotatable bonds is 4. The number of hydrogen-bond acceptors (Lipinski definition) is 7. The third-order valence-electron chi connectivity index (χ3n) is 7.64. The van der Waals surface area contributed by atoms with E-state index in [1.165, 1.54) is 0 Å². The van der Waals surface area contributed by atoms with Gasteiger partial charge in [-0.05, 0) is 30.2 Å². The first kappa shape index (κ1) is 20.0. The van der Waals surface area contributed by atoms with Crippen LogP contribution >= 0.6 is 23.1 Å². The summed E-state index contributed by atoms with van der Waals surface area (Å²) in [6.45, 7) is -0.0918. The monoisotopic (exact) mass is 472 g/mol. The number of imide groups is 1. The van der Waals surface area contributed by atoms with Gasteiger partial charge in [-0.1, -0.05) is 29.5 Å². The first-order valence-electron chi connectivity index (χ1n) is 10.6. The fourth-order valence-corrected chi connectivity index (χ4v) is 9.48. The van der Waals surface area contributed by atoms with Crippen LogP contribution in [0.15, 0.2) is 34.1 Å². The molecule has 2 saturated carbocycles. The highest BCUT2D eigenvalue weighted by molar-refractivity contribution is 8.00. The summed E-state index contributed by atoms with van der Waals surface area (Å²) < 4.78 is 0. The second-order valence-electron chi connectivity index (χ2n) is 8.99. The summed E-state index contributed by atoms with van der Waals surface area (Å²) in [6.07, 6.45) is 0.498. The van der Waals surface area contributed by atoms with Crippen LogP contribution in [0.2, 0.25) is 0 Å². The molecule has 6 rings (SSSR count). The van der Waals surface area contributed by atoms with Crippen LogP contribution in [0.5, 0.6) is 5.75 Å². The molecule has 2 aromatic rings. The van der Waals surface area contributed by atoms with Crippen molar-refractivity contribution in [1.29, 1.82) is 0 Å². The Bertz CT molecular complexity index is 1220. The molecular weight excluding hydrogens is 452 g/mol.